The van der Waals surface area contributed by atoms with Crippen LogP contribution >= 0.6 is 0 Å². The Kier molecular flexibility index (Phi) is 7.52. The minimum absolute atomic E-state index is 0.00304. The lowest BCUT2D eigenvalue weighted by Gasteiger charge is -2.35. The zero-order valence-electron chi connectivity index (χ0n) is 22.2. The number of piperidine rings is 1. The van der Waals surface area contributed by atoms with Crippen molar-refractivity contribution in [1.29, 1.82) is 0 Å². The molecule has 0 aliphatic carbocycles. The first-order valence-electron chi connectivity index (χ1n) is 13.0. The molecule has 2 aliphatic rings. The van der Waals surface area contributed by atoms with Gasteiger partial charge in [-0.2, -0.15) is 17.5 Å². The number of aryl methyl sites for hydroxylation is 1. The summed E-state index contributed by atoms with van der Waals surface area (Å²) in [5.74, 6) is -0.903. The largest absolute Gasteiger partial charge is 0.434 e. The topological polar surface area (TPSA) is 123 Å². The Labute approximate surface area is 230 Å². The van der Waals surface area contributed by atoms with Gasteiger partial charge in [-0.3, -0.25) is 9.20 Å². The molecule has 0 spiro atoms. The molecule has 1 amide bonds. The molecule has 3 aromatic rings. The Morgan fingerprint density at radius 2 is 1.95 bits per heavy atom. The summed E-state index contributed by atoms with van der Waals surface area (Å²) in [5.41, 5.74) is 5.86. The quantitative estimate of drug-likeness (QED) is 0.475. The molecule has 4 heterocycles. The van der Waals surface area contributed by atoms with Gasteiger partial charge in [0.1, 0.15) is 0 Å². The second-order valence-electron chi connectivity index (χ2n) is 10.3. The van der Waals surface area contributed by atoms with E-state index in [1.165, 1.54) is 27.0 Å². The van der Waals surface area contributed by atoms with Crippen LogP contribution in [-0.4, -0.2) is 77.3 Å². The molecule has 2 aromatic heterocycles. The van der Waals surface area contributed by atoms with Gasteiger partial charge in [-0.05, 0) is 50.3 Å². The van der Waals surface area contributed by atoms with E-state index in [0.29, 0.717) is 37.1 Å². The van der Waals surface area contributed by atoms with Gasteiger partial charge in [0.15, 0.2) is 17.2 Å². The number of carbonyl (C=O) groups excluding carboxylic acids is 1. The van der Waals surface area contributed by atoms with Crippen LogP contribution in [0.1, 0.15) is 36.9 Å². The van der Waals surface area contributed by atoms with Crippen molar-refractivity contribution in [2.45, 2.75) is 49.7 Å². The van der Waals surface area contributed by atoms with E-state index in [1.54, 1.807) is 20.1 Å². The van der Waals surface area contributed by atoms with Crippen LogP contribution in [0.4, 0.5) is 19.0 Å². The van der Waals surface area contributed by atoms with Crippen molar-refractivity contribution in [3.05, 3.63) is 41.9 Å². The maximum Gasteiger partial charge on any atom is 0.434 e. The lowest BCUT2D eigenvalue weighted by molar-refractivity contribution is -0.141. The maximum absolute atomic E-state index is 13.8. The maximum atomic E-state index is 13.8. The number of likely N-dealkylation sites (tertiary alicyclic amines) is 1. The number of ether oxygens (including phenoxy) is 1. The van der Waals surface area contributed by atoms with E-state index in [2.05, 4.69) is 9.97 Å². The van der Waals surface area contributed by atoms with Crippen molar-refractivity contribution < 1.29 is 31.1 Å². The number of nitrogens with two attached hydrogens (primary N) is 1. The number of anilines is 1. The molecule has 2 saturated heterocycles. The van der Waals surface area contributed by atoms with Crippen LogP contribution in [0.15, 0.2) is 35.5 Å². The number of nitrogens with zero attached hydrogens (tertiary/aromatic N) is 5. The molecule has 1 unspecified atom stereocenters. The zero-order chi connectivity index (χ0) is 28.8. The second kappa shape index (κ2) is 10.6. The van der Waals surface area contributed by atoms with Crippen LogP contribution in [0.2, 0.25) is 0 Å². The molecule has 5 rings (SSSR count). The van der Waals surface area contributed by atoms with E-state index in [9.17, 15) is 26.4 Å². The summed E-state index contributed by atoms with van der Waals surface area (Å²) in [6.45, 7) is 3.13. The number of methoxy groups -OCH3 is 1. The highest BCUT2D eigenvalue weighted by molar-refractivity contribution is 7.89. The van der Waals surface area contributed by atoms with E-state index in [0.717, 1.165) is 19.0 Å². The van der Waals surface area contributed by atoms with Crippen molar-refractivity contribution in [3.8, 4) is 11.3 Å². The number of amides is 1. The van der Waals surface area contributed by atoms with Gasteiger partial charge in [-0.25, -0.2) is 18.4 Å². The van der Waals surface area contributed by atoms with E-state index in [-0.39, 0.29) is 41.3 Å². The molecule has 2 atom stereocenters. The van der Waals surface area contributed by atoms with E-state index >= 15 is 0 Å². The highest BCUT2D eigenvalue weighted by atomic mass is 32.2. The third-order valence-electron chi connectivity index (χ3n) is 7.68. The lowest BCUT2D eigenvalue weighted by Crippen LogP contribution is -2.48. The number of benzene rings is 1. The Morgan fingerprint density at radius 1 is 1.20 bits per heavy atom. The average Bonchev–Trinajstić information content (AvgIpc) is 3.56. The number of alkyl halides is 3. The molecule has 10 nitrogen and oxygen atoms in total. The van der Waals surface area contributed by atoms with Gasteiger partial charge in [0.05, 0.1) is 35.4 Å². The normalized spacial score (nSPS) is 20.9. The third kappa shape index (κ3) is 5.15. The molecule has 1 aromatic carbocycles. The number of fused-ring (bicyclic) bond motifs is 1. The number of rotatable bonds is 6. The van der Waals surface area contributed by atoms with Gasteiger partial charge in [-0.15, -0.1) is 0 Å². The number of hydrogen-bond donors (Lipinski definition) is 1. The standard InChI is InChI=1S/C26H31F3N6O4S/c1-16-7-8-19(11-20(16)21-12-31-24-23(30)32-22(14-35(21)24)26(27,28)29)40(37,38)33-9-3-5-17(13-33)25(36)34-10-4-6-18(34)15-39-2/h7-8,11-12,14,17-18H,3-6,9-10,13,15H2,1-2H3,(H2,30,32)/t17?,18-/m1/s1. The van der Waals surface area contributed by atoms with Crippen molar-refractivity contribution in [2.24, 2.45) is 5.92 Å². The number of hydrogen-bond acceptors (Lipinski definition) is 7. The van der Waals surface area contributed by atoms with Crippen LogP contribution in [0, 0.1) is 12.8 Å². The first-order valence-corrected chi connectivity index (χ1v) is 14.5. The summed E-state index contributed by atoms with van der Waals surface area (Å²) in [7, 11) is -2.41. The van der Waals surface area contributed by atoms with Crippen LogP contribution in [0.5, 0.6) is 0 Å². The highest BCUT2D eigenvalue weighted by Crippen LogP contribution is 2.34. The molecule has 0 saturated carbocycles. The molecule has 216 valence electrons. The van der Waals surface area contributed by atoms with Crippen molar-refractivity contribution in [2.75, 3.05) is 39.1 Å². The predicted octanol–water partition coefficient (Wildman–Crippen LogP) is 3.34. The number of carbonyl (C=O) groups is 1. The summed E-state index contributed by atoms with van der Waals surface area (Å²) >= 11 is 0. The molecule has 2 fully saturated rings. The van der Waals surface area contributed by atoms with Gasteiger partial charge in [0.25, 0.3) is 0 Å². The van der Waals surface area contributed by atoms with E-state index < -0.39 is 33.6 Å². The van der Waals surface area contributed by atoms with Crippen molar-refractivity contribution in [1.82, 2.24) is 23.6 Å². The summed E-state index contributed by atoms with van der Waals surface area (Å²) in [5, 5.41) is 0. The fraction of sp³-hybridized carbons (Fsp3) is 0.500. The van der Waals surface area contributed by atoms with Gasteiger partial charge >= 0.3 is 6.18 Å². The molecule has 40 heavy (non-hydrogen) atoms. The average molecular weight is 581 g/mol. The molecule has 0 radical (unpaired) electrons. The summed E-state index contributed by atoms with van der Waals surface area (Å²) in [4.78, 5) is 22.7. The fourth-order valence-corrected chi connectivity index (χ4v) is 7.17. The zero-order valence-corrected chi connectivity index (χ0v) is 23.0. The smallest absolute Gasteiger partial charge is 0.383 e. The number of sulfonamides is 1. The van der Waals surface area contributed by atoms with Crippen LogP contribution < -0.4 is 5.73 Å². The first kappa shape index (κ1) is 28.3. The molecule has 0 bridgehead atoms. The second-order valence-corrected chi connectivity index (χ2v) is 12.2. The SMILES string of the molecule is COC[C@H]1CCCN1C(=O)C1CCCN(S(=O)(=O)c2ccc(C)c(-c3cnc4c(N)nc(C(F)(F)F)cn34)c2)C1. The van der Waals surface area contributed by atoms with Crippen molar-refractivity contribution in [3.63, 3.8) is 0 Å². The van der Waals surface area contributed by atoms with E-state index in [1.807, 2.05) is 4.90 Å². The summed E-state index contributed by atoms with van der Waals surface area (Å²) < 4.78 is 75.5. The van der Waals surface area contributed by atoms with Crippen molar-refractivity contribution >= 4 is 27.4 Å². The van der Waals surface area contributed by atoms with Crippen LogP contribution in [0.3, 0.4) is 0 Å². The minimum Gasteiger partial charge on any atom is -0.383 e. The lowest BCUT2D eigenvalue weighted by atomic mass is 9.98. The molecule has 2 aliphatic heterocycles. The number of imidazole rings is 1. The van der Waals surface area contributed by atoms with E-state index in [4.69, 9.17) is 10.5 Å². The van der Waals surface area contributed by atoms with Gasteiger partial charge in [0.2, 0.25) is 15.9 Å². The van der Waals surface area contributed by atoms with Crippen LogP contribution in [0.25, 0.3) is 16.9 Å². The monoisotopic (exact) mass is 580 g/mol. The number of aromatic nitrogens is 3. The predicted molar refractivity (Wildman–Crippen MR) is 141 cm³/mol. The number of halogens is 3. The Balaban J connectivity index is 1.45. The van der Waals surface area contributed by atoms with Gasteiger partial charge in [0, 0.05) is 38.5 Å². The first-order chi connectivity index (χ1) is 18.9. The molecule has 14 heteroatoms. The van der Waals surface area contributed by atoms with Crippen LogP contribution in [-0.2, 0) is 25.7 Å². The third-order valence-corrected chi connectivity index (χ3v) is 9.55. The fourth-order valence-electron chi connectivity index (χ4n) is 5.62. The Hall–Kier alpha value is -3.23. The molecule has 2 N–H and O–H groups in total. The van der Waals surface area contributed by atoms with Gasteiger partial charge in [-0.1, -0.05) is 6.07 Å². The summed E-state index contributed by atoms with van der Waals surface area (Å²) in [6.07, 6.45) is 0.284. The number of nitrogen functional groups attached to an aromatic ring is 1. The van der Waals surface area contributed by atoms with Gasteiger partial charge < -0.3 is 15.4 Å². The molecular weight excluding hydrogens is 549 g/mol. The molecular formula is C26H31F3N6O4S. The Morgan fingerprint density at radius 3 is 2.67 bits per heavy atom. The highest BCUT2D eigenvalue weighted by Gasteiger charge is 2.38. The summed E-state index contributed by atoms with van der Waals surface area (Å²) in [6, 6.07) is 4.49. The minimum atomic E-state index is -4.73. The Bertz CT molecular complexity index is 1540.